The van der Waals surface area contributed by atoms with E-state index in [2.05, 4.69) is 6.07 Å². The second-order valence-electron chi connectivity index (χ2n) is 4.09. The lowest BCUT2D eigenvalue weighted by Gasteiger charge is -2.01. The van der Waals surface area contributed by atoms with Gasteiger partial charge in [0.15, 0.2) is 0 Å². The van der Waals surface area contributed by atoms with Crippen molar-refractivity contribution in [2.45, 2.75) is 6.92 Å². The van der Waals surface area contributed by atoms with Crippen LogP contribution < -0.4 is 0 Å². The first-order valence-electron chi connectivity index (χ1n) is 5.63. The zero-order valence-electron chi connectivity index (χ0n) is 10.0. The molecule has 0 saturated heterocycles. The average molecular weight is 254 g/mol. The molecule has 0 aliphatic heterocycles. The molecule has 2 heteroatoms. The minimum absolute atomic E-state index is 0.612. The number of allylic oxidation sites excluding steroid dienone is 1. The van der Waals surface area contributed by atoms with Crippen LogP contribution in [0.4, 0.5) is 0 Å². The summed E-state index contributed by atoms with van der Waals surface area (Å²) >= 11 is 5.93. The number of halogens is 1. The van der Waals surface area contributed by atoms with Gasteiger partial charge in [0.2, 0.25) is 0 Å². The topological polar surface area (TPSA) is 23.8 Å². The minimum Gasteiger partial charge on any atom is -0.192 e. The fourth-order valence-corrected chi connectivity index (χ4v) is 1.86. The number of hydrogen-bond donors (Lipinski definition) is 0. The zero-order chi connectivity index (χ0) is 13.0. The summed E-state index contributed by atoms with van der Waals surface area (Å²) in [6.07, 6.45) is 1.87. The molecule has 0 atom stereocenters. The highest BCUT2D eigenvalue weighted by Crippen LogP contribution is 2.21. The molecular formula is C16H12ClN. The molecule has 0 aromatic heterocycles. The van der Waals surface area contributed by atoms with Crippen LogP contribution in [-0.4, -0.2) is 0 Å². The zero-order valence-corrected chi connectivity index (χ0v) is 10.8. The predicted molar refractivity (Wildman–Crippen MR) is 76.1 cm³/mol. The predicted octanol–water partition coefficient (Wildman–Crippen LogP) is 4.71. The highest BCUT2D eigenvalue weighted by atomic mass is 35.5. The van der Waals surface area contributed by atoms with Gasteiger partial charge in [0.05, 0.1) is 11.6 Å². The Morgan fingerprint density at radius 3 is 2.50 bits per heavy atom. The maximum absolute atomic E-state index is 9.22. The van der Waals surface area contributed by atoms with E-state index < -0.39 is 0 Å². The SMILES string of the molecule is Cc1ccc(/C=C(/C#N)c2cccc(Cl)c2)cc1. The summed E-state index contributed by atoms with van der Waals surface area (Å²) in [5.41, 5.74) is 3.66. The van der Waals surface area contributed by atoms with Gasteiger partial charge >= 0.3 is 0 Å². The van der Waals surface area contributed by atoms with E-state index in [1.165, 1.54) is 5.56 Å². The highest BCUT2D eigenvalue weighted by Gasteiger charge is 2.01. The number of nitrogens with zero attached hydrogens (tertiary/aromatic N) is 1. The molecule has 18 heavy (non-hydrogen) atoms. The molecule has 0 heterocycles. The summed E-state index contributed by atoms with van der Waals surface area (Å²) in [6, 6.07) is 17.6. The second-order valence-corrected chi connectivity index (χ2v) is 4.53. The summed E-state index contributed by atoms with van der Waals surface area (Å²) in [4.78, 5) is 0. The van der Waals surface area contributed by atoms with Gasteiger partial charge in [-0.15, -0.1) is 0 Å². The van der Waals surface area contributed by atoms with Gasteiger partial charge in [-0.25, -0.2) is 0 Å². The van der Waals surface area contributed by atoms with Crippen molar-refractivity contribution in [2.24, 2.45) is 0 Å². The first-order chi connectivity index (χ1) is 8.69. The van der Waals surface area contributed by atoms with Crippen LogP contribution >= 0.6 is 11.6 Å². The van der Waals surface area contributed by atoms with E-state index in [1.54, 1.807) is 12.1 Å². The Balaban J connectivity index is 2.40. The molecule has 1 nitrogen and oxygen atoms in total. The van der Waals surface area contributed by atoms with Crippen LogP contribution in [0.5, 0.6) is 0 Å². The Labute approximate surface area is 112 Å². The molecule has 0 unspecified atom stereocenters. The Hall–Kier alpha value is -2.04. The summed E-state index contributed by atoms with van der Waals surface area (Å²) in [5.74, 6) is 0. The lowest BCUT2D eigenvalue weighted by molar-refractivity contribution is 1.46. The summed E-state index contributed by atoms with van der Waals surface area (Å²) in [6.45, 7) is 2.04. The summed E-state index contributed by atoms with van der Waals surface area (Å²) in [7, 11) is 0. The lowest BCUT2D eigenvalue weighted by atomic mass is 10.0. The smallest absolute Gasteiger partial charge is 0.0998 e. The first kappa shape index (κ1) is 12.4. The molecule has 0 radical (unpaired) electrons. The van der Waals surface area contributed by atoms with Crippen molar-refractivity contribution in [3.05, 3.63) is 70.2 Å². The number of benzene rings is 2. The van der Waals surface area contributed by atoms with E-state index >= 15 is 0 Å². The molecule has 2 rings (SSSR count). The molecule has 88 valence electrons. The molecular weight excluding hydrogens is 242 g/mol. The molecule has 2 aromatic carbocycles. The third-order valence-electron chi connectivity index (χ3n) is 2.64. The van der Waals surface area contributed by atoms with Crippen molar-refractivity contribution in [3.8, 4) is 6.07 Å². The van der Waals surface area contributed by atoms with Crippen molar-refractivity contribution in [2.75, 3.05) is 0 Å². The number of hydrogen-bond acceptors (Lipinski definition) is 1. The van der Waals surface area contributed by atoms with E-state index in [9.17, 15) is 5.26 Å². The largest absolute Gasteiger partial charge is 0.192 e. The van der Waals surface area contributed by atoms with E-state index in [-0.39, 0.29) is 0 Å². The third kappa shape index (κ3) is 3.00. The van der Waals surface area contributed by atoms with Crippen molar-refractivity contribution < 1.29 is 0 Å². The third-order valence-corrected chi connectivity index (χ3v) is 2.88. The molecule has 0 amide bonds. The normalized spacial score (nSPS) is 11.1. The van der Waals surface area contributed by atoms with Crippen LogP contribution in [-0.2, 0) is 0 Å². The summed E-state index contributed by atoms with van der Waals surface area (Å²) < 4.78 is 0. The standard InChI is InChI=1S/C16H12ClN/c1-12-5-7-13(8-6-12)9-15(11-18)14-3-2-4-16(17)10-14/h2-10H,1H3/b15-9-. The fourth-order valence-electron chi connectivity index (χ4n) is 1.67. The van der Waals surface area contributed by atoms with Crippen LogP contribution in [0.1, 0.15) is 16.7 Å². The molecule has 0 N–H and O–H groups in total. The number of nitriles is 1. The molecule has 0 saturated carbocycles. The van der Waals surface area contributed by atoms with Gasteiger partial charge in [0.1, 0.15) is 0 Å². The quantitative estimate of drug-likeness (QED) is 0.562. The lowest BCUT2D eigenvalue weighted by Crippen LogP contribution is -1.82. The number of rotatable bonds is 2. The van der Waals surface area contributed by atoms with Crippen molar-refractivity contribution >= 4 is 23.3 Å². The van der Waals surface area contributed by atoms with Crippen molar-refractivity contribution in [1.29, 1.82) is 5.26 Å². The van der Waals surface area contributed by atoms with Crippen molar-refractivity contribution in [3.63, 3.8) is 0 Å². The molecule has 0 spiro atoms. The second kappa shape index (κ2) is 5.53. The van der Waals surface area contributed by atoms with Gasteiger partial charge in [-0.3, -0.25) is 0 Å². The average Bonchev–Trinajstić information content (AvgIpc) is 2.38. The Kier molecular flexibility index (Phi) is 3.82. The van der Waals surface area contributed by atoms with Gasteiger partial charge in [0.25, 0.3) is 0 Å². The van der Waals surface area contributed by atoms with E-state index in [0.717, 1.165) is 11.1 Å². The maximum atomic E-state index is 9.22. The Bertz CT molecular complexity index is 618. The van der Waals surface area contributed by atoms with E-state index in [4.69, 9.17) is 11.6 Å². The van der Waals surface area contributed by atoms with Crippen molar-refractivity contribution in [1.82, 2.24) is 0 Å². The monoisotopic (exact) mass is 253 g/mol. The van der Waals surface area contributed by atoms with Crippen LogP contribution in [0.25, 0.3) is 11.6 Å². The van der Waals surface area contributed by atoms with Gasteiger partial charge < -0.3 is 0 Å². The minimum atomic E-state index is 0.612. The van der Waals surface area contributed by atoms with E-state index in [1.807, 2.05) is 49.4 Å². The van der Waals surface area contributed by atoms with Gasteiger partial charge in [0, 0.05) is 5.02 Å². The summed E-state index contributed by atoms with van der Waals surface area (Å²) in [5, 5.41) is 9.86. The Morgan fingerprint density at radius 2 is 1.89 bits per heavy atom. The maximum Gasteiger partial charge on any atom is 0.0998 e. The van der Waals surface area contributed by atoms with Crippen LogP contribution in [0, 0.1) is 18.3 Å². The van der Waals surface area contributed by atoms with Gasteiger partial charge in [-0.1, -0.05) is 53.6 Å². The van der Waals surface area contributed by atoms with Crippen LogP contribution in [0.15, 0.2) is 48.5 Å². The fraction of sp³-hybridized carbons (Fsp3) is 0.0625. The molecule has 0 aliphatic rings. The van der Waals surface area contributed by atoms with E-state index in [0.29, 0.717) is 10.6 Å². The first-order valence-corrected chi connectivity index (χ1v) is 6.01. The van der Waals surface area contributed by atoms with Crippen LogP contribution in [0.3, 0.4) is 0 Å². The molecule has 2 aromatic rings. The molecule has 0 fully saturated rings. The number of aryl methyl sites for hydroxylation is 1. The molecule has 0 aliphatic carbocycles. The van der Waals surface area contributed by atoms with Crippen LogP contribution in [0.2, 0.25) is 5.02 Å². The van der Waals surface area contributed by atoms with Gasteiger partial charge in [-0.05, 0) is 36.3 Å². The highest BCUT2D eigenvalue weighted by molar-refractivity contribution is 6.30. The van der Waals surface area contributed by atoms with Gasteiger partial charge in [-0.2, -0.15) is 5.26 Å². The molecule has 0 bridgehead atoms. The Morgan fingerprint density at radius 1 is 1.17 bits per heavy atom.